The molecule has 0 radical (unpaired) electrons. The van der Waals surface area contributed by atoms with Crippen molar-refractivity contribution >= 4 is 34.1 Å². The normalized spacial score (nSPS) is 16.0. The van der Waals surface area contributed by atoms with Crippen molar-refractivity contribution in [1.29, 1.82) is 0 Å². The van der Waals surface area contributed by atoms with Crippen LogP contribution in [0.2, 0.25) is 0 Å². The van der Waals surface area contributed by atoms with Gasteiger partial charge in [0.05, 0.1) is 11.0 Å². The van der Waals surface area contributed by atoms with E-state index in [1.54, 1.807) is 6.33 Å². The van der Waals surface area contributed by atoms with Gasteiger partial charge < -0.3 is 10.2 Å². The summed E-state index contributed by atoms with van der Waals surface area (Å²) in [6, 6.07) is 6.07. The van der Waals surface area contributed by atoms with E-state index in [9.17, 15) is 0 Å². The molecule has 0 bridgehead atoms. The molecule has 6 nitrogen and oxygen atoms in total. The maximum atomic E-state index is 5.93. The summed E-state index contributed by atoms with van der Waals surface area (Å²) in [5.41, 5.74) is 3.80. The van der Waals surface area contributed by atoms with Crippen LogP contribution in [0, 0.1) is 0 Å². The van der Waals surface area contributed by atoms with Crippen LogP contribution in [0.25, 0.3) is 16.7 Å². The molecule has 108 valence electrons. The Balaban J connectivity index is 1.95. The smallest absolute Gasteiger partial charge is 0.204 e. The minimum Gasteiger partial charge on any atom is -0.351 e. The standard InChI is InChI=1S/C14H15ClN6/c15-8-10-1-2-11-12(7-10)21-9-17-19-14(21)13(18-11)20-5-3-16-4-6-20/h1-2,7,9,16H,3-6,8H2. The molecule has 0 unspecified atom stereocenters. The summed E-state index contributed by atoms with van der Waals surface area (Å²) in [4.78, 5) is 7.07. The zero-order valence-electron chi connectivity index (χ0n) is 11.5. The first-order valence-corrected chi connectivity index (χ1v) is 7.54. The molecule has 2 aromatic heterocycles. The Morgan fingerprint density at radius 3 is 2.90 bits per heavy atom. The number of alkyl halides is 1. The van der Waals surface area contributed by atoms with E-state index in [1.165, 1.54) is 0 Å². The summed E-state index contributed by atoms with van der Waals surface area (Å²) in [5.74, 6) is 1.39. The van der Waals surface area contributed by atoms with E-state index in [1.807, 2.05) is 22.6 Å². The van der Waals surface area contributed by atoms with Gasteiger partial charge in [-0.15, -0.1) is 21.8 Å². The van der Waals surface area contributed by atoms with Gasteiger partial charge in [0.1, 0.15) is 6.33 Å². The first kappa shape index (κ1) is 12.8. The fraction of sp³-hybridized carbons (Fsp3) is 0.357. The maximum absolute atomic E-state index is 5.93. The monoisotopic (exact) mass is 302 g/mol. The van der Waals surface area contributed by atoms with Crippen molar-refractivity contribution in [3.8, 4) is 0 Å². The molecule has 1 aromatic carbocycles. The summed E-state index contributed by atoms with van der Waals surface area (Å²) in [7, 11) is 0. The van der Waals surface area contributed by atoms with Crippen LogP contribution in [-0.2, 0) is 5.88 Å². The molecule has 1 aliphatic rings. The van der Waals surface area contributed by atoms with Crippen LogP contribution >= 0.6 is 11.6 Å². The molecule has 1 fully saturated rings. The Hall–Kier alpha value is -1.92. The summed E-state index contributed by atoms with van der Waals surface area (Å²) in [5, 5.41) is 11.7. The maximum Gasteiger partial charge on any atom is 0.204 e. The highest BCUT2D eigenvalue weighted by atomic mass is 35.5. The average molecular weight is 303 g/mol. The quantitative estimate of drug-likeness (QED) is 0.726. The molecule has 7 heteroatoms. The van der Waals surface area contributed by atoms with E-state index in [0.717, 1.165) is 54.2 Å². The number of fused-ring (bicyclic) bond motifs is 3. The van der Waals surface area contributed by atoms with E-state index in [-0.39, 0.29) is 0 Å². The molecule has 1 aliphatic heterocycles. The zero-order valence-corrected chi connectivity index (χ0v) is 12.2. The van der Waals surface area contributed by atoms with Crippen LogP contribution in [0.5, 0.6) is 0 Å². The summed E-state index contributed by atoms with van der Waals surface area (Å²) in [6.07, 6.45) is 1.74. The number of benzene rings is 1. The molecular weight excluding hydrogens is 288 g/mol. The fourth-order valence-electron chi connectivity index (χ4n) is 2.76. The molecule has 0 spiro atoms. The summed E-state index contributed by atoms with van der Waals surface area (Å²) >= 11 is 5.93. The van der Waals surface area contributed by atoms with Gasteiger partial charge in [0.25, 0.3) is 0 Å². The highest BCUT2D eigenvalue weighted by Crippen LogP contribution is 2.24. The Kier molecular flexibility index (Phi) is 3.12. The number of anilines is 1. The topological polar surface area (TPSA) is 58.4 Å². The molecule has 3 heterocycles. The predicted molar refractivity (Wildman–Crippen MR) is 82.9 cm³/mol. The van der Waals surface area contributed by atoms with Crippen molar-refractivity contribution in [1.82, 2.24) is 24.9 Å². The number of hydrogen-bond donors (Lipinski definition) is 1. The third-order valence-electron chi connectivity index (χ3n) is 3.84. The lowest BCUT2D eigenvalue weighted by Gasteiger charge is -2.28. The van der Waals surface area contributed by atoms with E-state index in [0.29, 0.717) is 5.88 Å². The number of aromatic nitrogens is 4. The largest absolute Gasteiger partial charge is 0.351 e. The molecule has 1 saturated heterocycles. The lowest BCUT2D eigenvalue weighted by Crippen LogP contribution is -2.44. The van der Waals surface area contributed by atoms with E-state index in [4.69, 9.17) is 16.6 Å². The number of piperazine rings is 1. The van der Waals surface area contributed by atoms with Crippen molar-refractivity contribution < 1.29 is 0 Å². The van der Waals surface area contributed by atoms with Gasteiger partial charge in [0.15, 0.2) is 5.82 Å². The van der Waals surface area contributed by atoms with Crippen molar-refractivity contribution in [3.63, 3.8) is 0 Å². The van der Waals surface area contributed by atoms with Gasteiger partial charge in [-0.2, -0.15) is 0 Å². The van der Waals surface area contributed by atoms with Gasteiger partial charge in [-0.25, -0.2) is 4.98 Å². The number of nitrogens with one attached hydrogen (secondary N) is 1. The van der Waals surface area contributed by atoms with Crippen LogP contribution < -0.4 is 10.2 Å². The second kappa shape index (κ2) is 5.13. The molecule has 21 heavy (non-hydrogen) atoms. The van der Waals surface area contributed by atoms with E-state index >= 15 is 0 Å². The first-order valence-electron chi connectivity index (χ1n) is 7.01. The van der Waals surface area contributed by atoms with Gasteiger partial charge >= 0.3 is 0 Å². The SMILES string of the molecule is ClCc1ccc2nc(N3CCNCC3)c3nncn3c2c1. The Bertz CT molecular complexity index is 793. The lowest BCUT2D eigenvalue weighted by atomic mass is 10.2. The van der Waals surface area contributed by atoms with Gasteiger partial charge in [0.2, 0.25) is 5.65 Å². The Labute approximate surface area is 126 Å². The van der Waals surface area contributed by atoms with Gasteiger partial charge in [-0.1, -0.05) is 6.07 Å². The Morgan fingerprint density at radius 2 is 2.10 bits per heavy atom. The molecule has 1 N–H and O–H groups in total. The second-order valence-corrected chi connectivity index (χ2v) is 5.42. The second-order valence-electron chi connectivity index (χ2n) is 5.15. The molecule has 0 saturated carbocycles. The third-order valence-corrected chi connectivity index (χ3v) is 4.15. The summed E-state index contributed by atoms with van der Waals surface area (Å²) in [6.45, 7) is 3.79. The molecule has 0 aliphatic carbocycles. The number of nitrogens with zero attached hydrogens (tertiary/aromatic N) is 5. The minimum atomic E-state index is 0.485. The first-order chi connectivity index (χ1) is 10.4. The molecule has 0 amide bonds. The highest BCUT2D eigenvalue weighted by molar-refractivity contribution is 6.17. The fourth-order valence-corrected chi connectivity index (χ4v) is 2.92. The highest BCUT2D eigenvalue weighted by Gasteiger charge is 2.18. The lowest BCUT2D eigenvalue weighted by molar-refractivity contribution is 0.586. The van der Waals surface area contributed by atoms with Gasteiger partial charge in [-0.3, -0.25) is 4.40 Å². The van der Waals surface area contributed by atoms with Crippen LogP contribution in [0.3, 0.4) is 0 Å². The molecule has 4 rings (SSSR count). The minimum absolute atomic E-state index is 0.485. The van der Waals surface area contributed by atoms with E-state index in [2.05, 4.69) is 20.4 Å². The average Bonchev–Trinajstić information content (AvgIpc) is 3.04. The van der Waals surface area contributed by atoms with Gasteiger partial charge in [-0.05, 0) is 17.7 Å². The van der Waals surface area contributed by atoms with Crippen molar-refractivity contribution in [2.24, 2.45) is 0 Å². The number of hydrogen-bond acceptors (Lipinski definition) is 5. The third kappa shape index (κ3) is 2.11. The van der Waals surface area contributed by atoms with Crippen LogP contribution in [-0.4, -0.2) is 45.8 Å². The van der Waals surface area contributed by atoms with Crippen LogP contribution in [0.4, 0.5) is 5.82 Å². The van der Waals surface area contributed by atoms with Gasteiger partial charge in [0, 0.05) is 32.1 Å². The van der Waals surface area contributed by atoms with Crippen molar-refractivity contribution in [2.75, 3.05) is 31.1 Å². The molecule has 3 aromatic rings. The molecular formula is C14H15ClN6. The predicted octanol–water partition coefficient (Wildman–Crippen LogP) is 1.43. The number of halogens is 1. The number of rotatable bonds is 2. The van der Waals surface area contributed by atoms with Crippen molar-refractivity contribution in [3.05, 3.63) is 30.1 Å². The zero-order chi connectivity index (χ0) is 14.2. The summed E-state index contributed by atoms with van der Waals surface area (Å²) < 4.78 is 2.00. The van der Waals surface area contributed by atoms with Crippen LogP contribution in [0.15, 0.2) is 24.5 Å². The molecule has 0 atom stereocenters. The van der Waals surface area contributed by atoms with Crippen molar-refractivity contribution in [2.45, 2.75) is 5.88 Å². The van der Waals surface area contributed by atoms with E-state index < -0.39 is 0 Å². The van der Waals surface area contributed by atoms with Crippen LogP contribution in [0.1, 0.15) is 5.56 Å². The Morgan fingerprint density at radius 1 is 1.24 bits per heavy atom.